The van der Waals surface area contributed by atoms with Gasteiger partial charge in [-0.15, -0.1) is 0 Å². The molecule has 34 heavy (non-hydrogen) atoms. The number of methoxy groups -OCH3 is 1. The number of hydrogen-bond donors (Lipinski definition) is 2. The maximum absolute atomic E-state index is 13.0. The van der Waals surface area contributed by atoms with Crippen molar-refractivity contribution in [3.8, 4) is 16.9 Å². The van der Waals surface area contributed by atoms with E-state index >= 15 is 0 Å². The number of fused-ring (bicyclic) bond motifs is 1. The van der Waals surface area contributed by atoms with Crippen molar-refractivity contribution in [2.75, 3.05) is 17.1 Å². The van der Waals surface area contributed by atoms with Crippen LogP contribution in [0.3, 0.4) is 0 Å². The van der Waals surface area contributed by atoms with E-state index in [1.807, 2.05) is 24.3 Å². The van der Waals surface area contributed by atoms with Gasteiger partial charge in [0.25, 0.3) is 5.91 Å². The van der Waals surface area contributed by atoms with Gasteiger partial charge < -0.3 is 10.1 Å². The second kappa shape index (κ2) is 8.71. The van der Waals surface area contributed by atoms with Gasteiger partial charge in [0.2, 0.25) is 15.8 Å². The second-order valence-electron chi connectivity index (χ2n) is 7.92. The van der Waals surface area contributed by atoms with Crippen LogP contribution in [0.25, 0.3) is 22.0 Å². The van der Waals surface area contributed by atoms with Crippen LogP contribution in [-0.4, -0.2) is 41.6 Å². The predicted molar refractivity (Wildman–Crippen MR) is 129 cm³/mol. The van der Waals surface area contributed by atoms with Crippen molar-refractivity contribution in [1.82, 2.24) is 15.0 Å². The molecule has 0 spiro atoms. The van der Waals surface area contributed by atoms with Gasteiger partial charge in [0, 0.05) is 29.5 Å². The first-order chi connectivity index (χ1) is 16.4. The van der Waals surface area contributed by atoms with Crippen LogP contribution < -0.4 is 14.8 Å². The Morgan fingerprint density at radius 1 is 1.06 bits per heavy atom. The van der Waals surface area contributed by atoms with Gasteiger partial charge in [-0.05, 0) is 54.8 Å². The molecule has 9 nitrogen and oxygen atoms in total. The van der Waals surface area contributed by atoms with E-state index in [4.69, 9.17) is 4.74 Å². The first kappa shape index (κ1) is 21.8. The summed E-state index contributed by atoms with van der Waals surface area (Å²) in [4.78, 5) is 25.7. The number of aromatic nitrogens is 3. The Morgan fingerprint density at radius 3 is 2.59 bits per heavy atom. The highest BCUT2D eigenvalue weighted by molar-refractivity contribution is 7.93. The molecule has 1 aliphatic carbocycles. The SMILES string of the molecule is COc1ccc(-c2cnccc2NC(=O)c2ncc3ccc(NS(=O)(=O)C4CC4)cc3n2)cc1. The molecule has 0 aliphatic heterocycles. The van der Waals surface area contributed by atoms with Crippen molar-refractivity contribution in [2.45, 2.75) is 18.1 Å². The van der Waals surface area contributed by atoms with E-state index < -0.39 is 15.9 Å². The average molecular weight is 476 g/mol. The molecule has 10 heteroatoms. The number of carbonyl (C=O) groups is 1. The molecule has 1 amide bonds. The molecular weight excluding hydrogens is 454 g/mol. The first-order valence-corrected chi connectivity index (χ1v) is 12.2. The van der Waals surface area contributed by atoms with Gasteiger partial charge in [-0.3, -0.25) is 14.5 Å². The fourth-order valence-corrected chi connectivity index (χ4v) is 4.88. The maximum Gasteiger partial charge on any atom is 0.293 e. The highest BCUT2D eigenvalue weighted by atomic mass is 32.2. The van der Waals surface area contributed by atoms with Crippen molar-refractivity contribution in [2.24, 2.45) is 0 Å². The first-order valence-electron chi connectivity index (χ1n) is 10.6. The third kappa shape index (κ3) is 4.53. The van der Waals surface area contributed by atoms with Gasteiger partial charge in [-0.25, -0.2) is 18.4 Å². The van der Waals surface area contributed by atoms with E-state index in [0.717, 1.165) is 16.9 Å². The summed E-state index contributed by atoms with van der Waals surface area (Å²) in [5.41, 5.74) is 3.01. The monoisotopic (exact) mass is 475 g/mol. The fraction of sp³-hybridized carbons (Fsp3) is 0.167. The number of hydrogen-bond acceptors (Lipinski definition) is 7. The van der Waals surface area contributed by atoms with E-state index in [0.29, 0.717) is 35.1 Å². The van der Waals surface area contributed by atoms with Crippen molar-refractivity contribution < 1.29 is 17.9 Å². The molecule has 2 heterocycles. The molecule has 0 saturated heterocycles. The molecule has 0 bridgehead atoms. The quantitative estimate of drug-likeness (QED) is 0.416. The number of rotatable bonds is 7. The third-order valence-electron chi connectivity index (χ3n) is 5.48. The predicted octanol–water partition coefficient (Wildman–Crippen LogP) is 3.86. The van der Waals surface area contributed by atoms with Crippen LogP contribution in [-0.2, 0) is 10.0 Å². The number of nitrogens with one attached hydrogen (secondary N) is 2. The Hall–Kier alpha value is -4.05. The summed E-state index contributed by atoms with van der Waals surface area (Å²) < 4.78 is 32.3. The molecule has 2 aromatic carbocycles. The lowest BCUT2D eigenvalue weighted by atomic mass is 10.1. The van der Waals surface area contributed by atoms with Crippen LogP contribution in [0.15, 0.2) is 67.1 Å². The normalized spacial score (nSPS) is 13.4. The van der Waals surface area contributed by atoms with Crippen LogP contribution in [0.4, 0.5) is 11.4 Å². The minimum atomic E-state index is -3.40. The topological polar surface area (TPSA) is 123 Å². The number of pyridine rings is 1. The number of sulfonamides is 1. The summed E-state index contributed by atoms with van der Waals surface area (Å²) in [5.74, 6) is 0.195. The molecule has 0 atom stereocenters. The van der Waals surface area contributed by atoms with E-state index in [2.05, 4.69) is 25.0 Å². The van der Waals surface area contributed by atoms with Gasteiger partial charge in [0.15, 0.2) is 0 Å². The third-order valence-corrected chi connectivity index (χ3v) is 7.35. The number of nitrogens with zero attached hydrogens (tertiary/aromatic N) is 3. The minimum Gasteiger partial charge on any atom is -0.497 e. The van der Waals surface area contributed by atoms with Gasteiger partial charge in [-0.2, -0.15) is 0 Å². The van der Waals surface area contributed by atoms with Gasteiger partial charge in [-0.1, -0.05) is 12.1 Å². The van der Waals surface area contributed by atoms with E-state index in [9.17, 15) is 13.2 Å². The molecule has 0 unspecified atom stereocenters. The van der Waals surface area contributed by atoms with Crippen LogP contribution in [0.2, 0.25) is 0 Å². The molecule has 0 radical (unpaired) electrons. The van der Waals surface area contributed by atoms with E-state index in [1.54, 1.807) is 43.8 Å². The molecule has 1 saturated carbocycles. The summed E-state index contributed by atoms with van der Waals surface area (Å²) in [6.07, 6.45) is 6.12. The number of carbonyl (C=O) groups excluding carboxylic acids is 1. The Labute approximate surface area is 196 Å². The van der Waals surface area contributed by atoms with Crippen LogP contribution in [0.5, 0.6) is 5.75 Å². The Kier molecular flexibility index (Phi) is 5.58. The van der Waals surface area contributed by atoms with E-state index in [1.165, 1.54) is 6.20 Å². The van der Waals surface area contributed by atoms with Crippen molar-refractivity contribution in [3.63, 3.8) is 0 Å². The standard InChI is InChI=1S/C24H21N5O4S/c1-33-18-6-3-15(4-7-18)20-14-25-11-10-21(20)28-24(30)23-26-13-16-2-5-17(12-22(16)27-23)29-34(31,32)19-8-9-19/h2-7,10-14,19,29H,8-9H2,1H3,(H,25,28,30). The lowest BCUT2D eigenvalue weighted by molar-refractivity contribution is 0.101. The lowest BCUT2D eigenvalue weighted by Gasteiger charge is -2.11. The van der Waals surface area contributed by atoms with Gasteiger partial charge >= 0.3 is 0 Å². The van der Waals surface area contributed by atoms with Crippen LogP contribution >= 0.6 is 0 Å². The molecular formula is C24H21N5O4S. The van der Waals surface area contributed by atoms with Gasteiger partial charge in [0.05, 0.1) is 29.3 Å². The zero-order valence-electron chi connectivity index (χ0n) is 18.2. The summed E-state index contributed by atoms with van der Waals surface area (Å²) >= 11 is 0. The number of benzene rings is 2. The average Bonchev–Trinajstić information content (AvgIpc) is 3.70. The van der Waals surface area contributed by atoms with Gasteiger partial charge in [0.1, 0.15) is 5.75 Å². The highest BCUT2D eigenvalue weighted by Gasteiger charge is 2.35. The Morgan fingerprint density at radius 2 is 1.85 bits per heavy atom. The molecule has 1 aliphatic rings. The zero-order valence-corrected chi connectivity index (χ0v) is 19.0. The number of ether oxygens (including phenoxy) is 1. The van der Waals surface area contributed by atoms with Crippen LogP contribution in [0.1, 0.15) is 23.5 Å². The number of amides is 1. The lowest BCUT2D eigenvalue weighted by Crippen LogP contribution is -2.17. The molecule has 172 valence electrons. The largest absolute Gasteiger partial charge is 0.497 e. The van der Waals surface area contributed by atoms with E-state index in [-0.39, 0.29) is 11.1 Å². The molecule has 2 N–H and O–H groups in total. The summed E-state index contributed by atoms with van der Waals surface area (Å²) in [6, 6.07) is 14.1. The van der Waals surface area contributed by atoms with Crippen molar-refractivity contribution in [3.05, 3.63) is 72.9 Å². The molecule has 4 aromatic rings. The molecule has 1 fully saturated rings. The highest BCUT2D eigenvalue weighted by Crippen LogP contribution is 2.31. The minimum absolute atomic E-state index is 0.0350. The number of anilines is 2. The fourth-order valence-electron chi connectivity index (χ4n) is 3.50. The molecule has 5 rings (SSSR count). The van der Waals surface area contributed by atoms with Crippen LogP contribution in [0, 0.1) is 0 Å². The maximum atomic E-state index is 13.0. The smallest absolute Gasteiger partial charge is 0.293 e. The second-order valence-corrected chi connectivity index (χ2v) is 9.88. The summed E-state index contributed by atoms with van der Waals surface area (Å²) in [6.45, 7) is 0. The van der Waals surface area contributed by atoms with Crippen molar-refractivity contribution >= 4 is 38.2 Å². The van der Waals surface area contributed by atoms with Crippen molar-refractivity contribution in [1.29, 1.82) is 0 Å². The summed E-state index contributed by atoms with van der Waals surface area (Å²) in [7, 11) is -1.80. The molecule has 2 aromatic heterocycles. The zero-order chi connectivity index (χ0) is 23.7. The Balaban J connectivity index is 1.40. The summed E-state index contributed by atoms with van der Waals surface area (Å²) in [5, 5.41) is 3.20. The Bertz CT molecular complexity index is 1490.